The molecule has 0 aromatic heterocycles. The van der Waals surface area contributed by atoms with Crippen molar-refractivity contribution in [3.63, 3.8) is 0 Å². The summed E-state index contributed by atoms with van der Waals surface area (Å²) in [5.41, 5.74) is 0. The van der Waals surface area contributed by atoms with Gasteiger partial charge in [0.1, 0.15) is 0 Å². The maximum Gasteiger partial charge on any atom is 0.222 e. The van der Waals surface area contributed by atoms with E-state index in [0.717, 1.165) is 19.4 Å². The lowest BCUT2D eigenvalue weighted by Gasteiger charge is -2.13. The third-order valence-electron chi connectivity index (χ3n) is 2.04. The molecule has 1 atom stereocenters. The molecule has 0 spiro atoms. The van der Waals surface area contributed by atoms with E-state index >= 15 is 0 Å². The van der Waals surface area contributed by atoms with Crippen LogP contribution in [0.15, 0.2) is 0 Å². The van der Waals surface area contributed by atoms with Gasteiger partial charge in [0, 0.05) is 25.5 Å². The number of terminal acetylenes is 1. The molecule has 0 heterocycles. The van der Waals surface area contributed by atoms with Crippen molar-refractivity contribution in [2.75, 3.05) is 13.2 Å². The number of carbonyl (C=O) groups is 1. The lowest BCUT2D eigenvalue weighted by Crippen LogP contribution is -2.34. The molecule has 1 amide bonds. The fourth-order valence-corrected chi connectivity index (χ4v) is 1.15. The zero-order valence-corrected chi connectivity index (χ0v) is 9.71. The zero-order chi connectivity index (χ0) is 11.5. The molecule has 0 aliphatic carbocycles. The molecule has 0 aliphatic heterocycles. The summed E-state index contributed by atoms with van der Waals surface area (Å²) in [6, 6.07) is 0.105. The Balaban J connectivity index is 3.58. The van der Waals surface area contributed by atoms with E-state index in [0.29, 0.717) is 19.4 Å². The molecule has 0 saturated heterocycles. The SMILES string of the molecule is C#CCC(CC)NC(=O)CCOCCC. The van der Waals surface area contributed by atoms with E-state index in [1.54, 1.807) is 0 Å². The van der Waals surface area contributed by atoms with Gasteiger partial charge >= 0.3 is 0 Å². The smallest absolute Gasteiger partial charge is 0.222 e. The number of carbonyl (C=O) groups excluding carboxylic acids is 1. The van der Waals surface area contributed by atoms with Crippen molar-refractivity contribution < 1.29 is 9.53 Å². The van der Waals surface area contributed by atoms with Crippen molar-refractivity contribution in [2.45, 2.75) is 45.6 Å². The quantitative estimate of drug-likeness (QED) is 0.490. The van der Waals surface area contributed by atoms with Gasteiger partial charge in [0.05, 0.1) is 6.61 Å². The summed E-state index contributed by atoms with van der Waals surface area (Å²) in [4.78, 5) is 11.4. The summed E-state index contributed by atoms with van der Waals surface area (Å²) in [6.07, 6.45) is 8.06. The van der Waals surface area contributed by atoms with E-state index in [4.69, 9.17) is 11.2 Å². The van der Waals surface area contributed by atoms with E-state index in [1.165, 1.54) is 0 Å². The van der Waals surface area contributed by atoms with Crippen LogP contribution in [0.2, 0.25) is 0 Å². The summed E-state index contributed by atoms with van der Waals surface area (Å²) in [5.74, 6) is 2.58. The molecule has 1 unspecified atom stereocenters. The first-order valence-corrected chi connectivity index (χ1v) is 5.55. The molecular formula is C12H21NO2. The topological polar surface area (TPSA) is 38.3 Å². The molecule has 15 heavy (non-hydrogen) atoms. The molecule has 0 aromatic rings. The fourth-order valence-electron chi connectivity index (χ4n) is 1.15. The highest BCUT2D eigenvalue weighted by molar-refractivity contribution is 5.76. The number of amides is 1. The van der Waals surface area contributed by atoms with E-state index in [9.17, 15) is 4.79 Å². The predicted octanol–water partition coefficient (Wildman–Crippen LogP) is 1.72. The van der Waals surface area contributed by atoms with Crippen molar-refractivity contribution in [3.8, 4) is 12.3 Å². The molecule has 3 nitrogen and oxygen atoms in total. The average molecular weight is 211 g/mol. The molecule has 3 heteroatoms. The van der Waals surface area contributed by atoms with Crippen molar-refractivity contribution in [2.24, 2.45) is 0 Å². The van der Waals surface area contributed by atoms with Gasteiger partial charge in [0.25, 0.3) is 0 Å². The second-order valence-electron chi connectivity index (χ2n) is 3.44. The zero-order valence-electron chi connectivity index (χ0n) is 9.71. The van der Waals surface area contributed by atoms with E-state index in [2.05, 4.69) is 11.2 Å². The molecule has 0 rings (SSSR count). The number of ether oxygens (including phenoxy) is 1. The van der Waals surface area contributed by atoms with Crippen LogP contribution in [0.5, 0.6) is 0 Å². The van der Waals surface area contributed by atoms with Gasteiger partial charge in [-0.2, -0.15) is 0 Å². The highest BCUT2D eigenvalue weighted by Gasteiger charge is 2.08. The maximum atomic E-state index is 11.4. The number of hydrogen-bond donors (Lipinski definition) is 1. The van der Waals surface area contributed by atoms with Gasteiger partial charge in [-0.05, 0) is 12.8 Å². The van der Waals surface area contributed by atoms with Gasteiger partial charge in [0.2, 0.25) is 5.91 Å². The first kappa shape index (κ1) is 14.0. The van der Waals surface area contributed by atoms with Crippen molar-refractivity contribution in [3.05, 3.63) is 0 Å². The first-order valence-electron chi connectivity index (χ1n) is 5.55. The summed E-state index contributed by atoms with van der Waals surface area (Å²) in [6.45, 7) is 5.26. The Labute approximate surface area is 92.6 Å². The normalized spacial score (nSPS) is 11.8. The van der Waals surface area contributed by atoms with Gasteiger partial charge in [0.15, 0.2) is 0 Å². The van der Waals surface area contributed by atoms with Crippen LogP contribution in [0.3, 0.4) is 0 Å². The van der Waals surface area contributed by atoms with Gasteiger partial charge in [-0.3, -0.25) is 4.79 Å². The molecule has 0 aliphatic rings. The van der Waals surface area contributed by atoms with Crippen molar-refractivity contribution >= 4 is 5.91 Å². The van der Waals surface area contributed by atoms with Crippen LogP contribution >= 0.6 is 0 Å². The van der Waals surface area contributed by atoms with Crippen LogP contribution < -0.4 is 5.32 Å². The molecular weight excluding hydrogens is 190 g/mol. The fraction of sp³-hybridized carbons (Fsp3) is 0.750. The number of rotatable bonds is 8. The van der Waals surface area contributed by atoms with Gasteiger partial charge < -0.3 is 10.1 Å². The third-order valence-corrected chi connectivity index (χ3v) is 2.04. The second-order valence-corrected chi connectivity index (χ2v) is 3.44. The third kappa shape index (κ3) is 8.02. The summed E-state index contributed by atoms with van der Waals surface area (Å²) in [5, 5.41) is 2.88. The van der Waals surface area contributed by atoms with E-state index in [-0.39, 0.29) is 11.9 Å². The minimum Gasteiger partial charge on any atom is -0.381 e. The number of nitrogens with one attached hydrogen (secondary N) is 1. The van der Waals surface area contributed by atoms with Crippen LogP contribution in [0.25, 0.3) is 0 Å². The van der Waals surface area contributed by atoms with Crippen LogP contribution in [0, 0.1) is 12.3 Å². The minimum absolute atomic E-state index is 0.0215. The lowest BCUT2D eigenvalue weighted by atomic mass is 10.1. The summed E-state index contributed by atoms with van der Waals surface area (Å²) >= 11 is 0. The Morgan fingerprint density at radius 2 is 2.20 bits per heavy atom. The highest BCUT2D eigenvalue weighted by atomic mass is 16.5. The summed E-state index contributed by atoms with van der Waals surface area (Å²) in [7, 11) is 0. The van der Waals surface area contributed by atoms with E-state index in [1.807, 2.05) is 13.8 Å². The standard InChI is InChI=1S/C12H21NO2/c1-4-7-11(6-3)13-12(14)8-10-15-9-5-2/h1,11H,5-10H2,2-3H3,(H,13,14). The number of hydrogen-bond acceptors (Lipinski definition) is 2. The van der Waals surface area contributed by atoms with Crippen LogP contribution in [0.1, 0.15) is 39.5 Å². The molecule has 86 valence electrons. The Morgan fingerprint density at radius 3 is 2.73 bits per heavy atom. The average Bonchev–Trinajstić information content (AvgIpc) is 2.24. The molecule has 0 bridgehead atoms. The highest BCUT2D eigenvalue weighted by Crippen LogP contribution is 1.97. The van der Waals surface area contributed by atoms with Gasteiger partial charge in [-0.25, -0.2) is 0 Å². The van der Waals surface area contributed by atoms with Crippen LogP contribution in [-0.2, 0) is 9.53 Å². The molecule has 0 saturated carbocycles. The molecule has 0 aromatic carbocycles. The van der Waals surface area contributed by atoms with Gasteiger partial charge in [-0.15, -0.1) is 12.3 Å². The van der Waals surface area contributed by atoms with Gasteiger partial charge in [-0.1, -0.05) is 13.8 Å². The molecule has 0 fully saturated rings. The monoisotopic (exact) mass is 211 g/mol. The Morgan fingerprint density at radius 1 is 1.47 bits per heavy atom. The minimum atomic E-state index is 0.0215. The Kier molecular flexibility index (Phi) is 8.90. The molecule has 0 radical (unpaired) electrons. The summed E-state index contributed by atoms with van der Waals surface area (Å²) < 4.78 is 5.23. The largest absolute Gasteiger partial charge is 0.381 e. The van der Waals surface area contributed by atoms with Crippen LogP contribution in [-0.4, -0.2) is 25.2 Å². The Bertz CT molecular complexity index is 208. The Hall–Kier alpha value is -1.01. The maximum absolute atomic E-state index is 11.4. The van der Waals surface area contributed by atoms with Crippen molar-refractivity contribution in [1.82, 2.24) is 5.32 Å². The second kappa shape index (κ2) is 9.54. The predicted molar refractivity (Wildman–Crippen MR) is 61.4 cm³/mol. The molecule has 1 N–H and O–H groups in total. The first-order chi connectivity index (χ1) is 7.24. The lowest BCUT2D eigenvalue weighted by molar-refractivity contribution is -0.122. The van der Waals surface area contributed by atoms with Crippen LogP contribution in [0.4, 0.5) is 0 Å². The van der Waals surface area contributed by atoms with Crippen molar-refractivity contribution in [1.29, 1.82) is 0 Å². The van der Waals surface area contributed by atoms with E-state index < -0.39 is 0 Å².